The average molecular weight is 499 g/mol. The SMILES string of the molecule is CC(C)(CNC(=O)C(N)C1C2CC3CC1C(C(=O)Nc1ccncc1)(C3)C2)c1ccc(F)c(Cl)c1. The van der Waals surface area contributed by atoms with Gasteiger partial charge >= 0.3 is 0 Å². The van der Waals surface area contributed by atoms with E-state index in [0.29, 0.717) is 12.5 Å². The van der Waals surface area contributed by atoms with Crippen LogP contribution in [0.4, 0.5) is 10.1 Å². The standard InChI is InChI=1S/C27H32ClFN4O2/c1-26(2,17-3-4-21(29)20(28)11-17)14-32-24(34)23(30)22-16-9-15-10-19(22)27(12-15,13-16)25(35)33-18-5-7-31-8-6-18/h3-8,11,15-16,19,22-23H,9-10,12-14,30H2,1-2H3,(H,32,34)(H,31,33,35). The number of hydrogen-bond acceptors (Lipinski definition) is 4. The van der Waals surface area contributed by atoms with Gasteiger partial charge in [0.1, 0.15) is 5.82 Å². The number of hydrogen-bond donors (Lipinski definition) is 3. The van der Waals surface area contributed by atoms with Gasteiger partial charge in [-0.2, -0.15) is 0 Å². The summed E-state index contributed by atoms with van der Waals surface area (Å²) in [7, 11) is 0. The maximum atomic E-state index is 13.6. The first-order valence-electron chi connectivity index (χ1n) is 12.3. The van der Waals surface area contributed by atoms with Gasteiger partial charge in [0.15, 0.2) is 0 Å². The molecule has 4 fully saturated rings. The Morgan fingerprint density at radius 2 is 1.97 bits per heavy atom. The third kappa shape index (κ3) is 4.23. The lowest BCUT2D eigenvalue weighted by atomic mass is 9.72. The minimum Gasteiger partial charge on any atom is -0.354 e. The van der Waals surface area contributed by atoms with Gasteiger partial charge in [0.05, 0.1) is 16.5 Å². The number of carbonyl (C=O) groups excluding carboxylic acids is 2. The van der Waals surface area contributed by atoms with Crippen molar-refractivity contribution in [1.82, 2.24) is 10.3 Å². The number of amides is 2. The molecule has 4 saturated carbocycles. The van der Waals surface area contributed by atoms with Crippen LogP contribution in [0.15, 0.2) is 42.7 Å². The fourth-order valence-electron chi connectivity index (χ4n) is 7.08. The van der Waals surface area contributed by atoms with Crippen molar-refractivity contribution >= 4 is 29.1 Å². The molecule has 4 N–H and O–H groups in total. The van der Waals surface area contributed by atoms with Gasteiger partial charge in [-0.3, -0.25) is 14.6 Å². The molecule has 6 rings (SSSR count). The summed E-state index contributed by atoms with van der Waals surface area (Å²) in [5.41, 5.74) is 7.27. The summed E-state index contributed by atoms with van der Waals surface area (Å²) in [5.74, 6) is 0.279. The Balaban J connectivity index is 1.27. The zero-order valence-electron chi connectivity index (χ0n) is 20.1. The molecule has 2 aromatic rings. The lowest BCUT2D eigenvalue weighted by molar-refractivity contribution is -0.128. The van der Waals surface area contributed by atoms with Crippen LogP contribution in [0.2, 0.25) is 5.02 Å². The number of aromatic nitrogens is 1. The predicted octanol–water partition coefficient (Wildman–Crippen LogP) is 4.29. The van der Waals surface area contributed by atoms with Gasteiger partial charge in [-0.15, -0.1) is 0 Å². The average Bonchev–Trinajstić information content (AvgIpc) is 3.22. The molecule has 0 aliphatic heterocycles. The third-order valence-corrected chi connectivity index (χ3v) is 9.02. The minimum atomic E-state index is -0.674. The number of pyridine rings is 1. The molecule has 4 aliphatic carbocycles. The van der Waals surface area contributed by atoms with E-state index < -0.39 is 22.7 Å². The second kappa shape index (κ2) is 8.86. The maximum Gasteiger partial charge on any atom is 0.237 e. The van der Waals surface area contributed by atoms with E-state index in [2.05, 4.69) is 15.6 Å². The summed E-state index contributed by atoms with van der Waals surface area (Å²) in [5, 5.41) is 6.17. The van der Waals surface area contributed by atoms with E-state index in [1.54, 1.807) is 36.7 Å². The highest BCUT2D eigenvalue weighted by molar-refractivity contribution is 6.30. The Hall–Kier alpha value is -2.51. The first kappa shape index (κ1) is 24.2. The highest BCUT2D eigenvalue weighted by Gasteiger charge is 2.67. The quantitative estimate of drug-likeness (QED) is 0.530. The van der Waals surface area contributed by atoms with Crippen LogP contribution in [0.3, 0.4) is 0 Å². The molecule has 2 amide bonds. The van der Waals surface area contributed by atoms with E-state index in [-0.39, 0.29) is 34.6 Å². The fourth-order valence-corrected chi connectivity index (χ4v) is 7.26. The van der Waals surface area contributed by atoms with E-state index in [0.717, 1.165) is 36.9 Å². The molecule has 6 unspecified atom stereocenters. The first-order chi connectivity index (χ1) is 16.6. The molecule has 0 radical (unpaired) electrons. The number of nitrogens with one attached hydrogen (secondary N) is 2. The second-order valence-corrected chi connectivity index (χ2v) is 11.7. The zero-order valence-corrected chi connectivity index (χ0v) is 20.8. The van der Waals surface area contributed by atoms with Crippen molar-refractivity contribution in [2.45, 2.75) is 51.0 Å². The van der Waals surface area contributed by atoms with Crippen LogP contribution in [-0.2, 0) is 15.0 Å². The topological polar surface area (TPSA) is 97.1 Å². The number of carbonyl (C=O) groups is 2. The summed E-state index contributed by atoms with van der Waals surface area (Å²) >= 11 is 5.96. The Labute approximate surface area is 210 Å². The molecule has 4 bridgehead atoms. The normalized spacial score (nSPS) is 29.7. The molecule has 1 aromatic heterocycles. The Kier molecular flexibility index (Phi) is 6.12. The van der Waals surface area contributed by atoms with Crippen molar-refractivity contribution in [3.8, 4) is 0 Å². The lowest BCUT2D eigenvalue weighted by Crippen LogP contribution is -2.52. The molecule has 0 saturated heterocycles. The van der Waals surface area contributed by atoms with Crippen LogP contribution < -0.4 is 16.4 Å². The number of rotatable bonds is 7. The molecule has 8 heteroatoms. The Morgan fingerprint density at radius 1 is 1.23 bits per heavy atom. The maximum absolute atomic E-state index is 13.6. The van der Waals surface area contributed by atoms with Crippen LogP contribution in [0.25, 0.3) is 0 Å². The van der Waals surface area contributed by atoms with Gasteiger partial charge in [-0.25, -0.2) is 4.39 Å². The van der Waals surface area contributed by atoms with Crippen LogP contribution in [0, 0.1) is 34.9 Å². The number of anilines is 1. The molecular weight excluding hydrogens is 467 g/mol. The highest BCUT2D eigenvalue weighted by atomic mass is 35.5. The van der Waals surface area contributed by atoms with E-state index >= 15 is 0 Å². The highest BCUT2D eigenvalue weighted by Crippen LogP contribution is 2.68. The van der Waals surface area contributed by atoms with Crippen molar-refractivity contribution in [3.63, 3.8) is 0 Å². The molecule has 186 valence electrons. The second-order valence-electron chi connectivity index (χ2n) is 11.3. The largest absolute Gasteiger partial charge is 0.354 e. The molecule has 1 heterocycles. The first-order valence-corrected chi connectivity index (χ1v) is 12.7. The van der Waals surface area contributed by atoms with Crippen molar-refractivity contribution in [1.29, 1.82) is 0 Å². The van der Waals surface area contributed by atoms with E-state index in [1.165, 1.54) is 6.07 Å². The van der Waals surface area contributed by atoms with Crippen molar-refractivity contribution in [3.05, 3.63) is 59.1 Å². The van der Waals surface area contributed by atoms with Gasteiger partial charge in [0.2, 0.25) is 11.8 Å². The van der Waals surface area contributed by atoms with Gasteiger partial charge < -0.3 is 16.4 Å². The van der Waals surface area contributed by atoms with Crippen molar-refractivity contribution < 1.29 is 14.0 Å². The minimum absolute atomic E-state index is 0.0136. The van der Waals surface area contributed by atoms with Crippen LogP contribution in [-0.4, -0.2) is 29.4 Å². The zero-order chi connectivity index (χ0) is 25.0. The fraction of sp³-hybridized carbons (Fsp3) is 0.519. The smallest absolute Gasteiger partial charge is 0.237 e. The number of benzene rings is 1. The van der Waals surface area contributed by atoms with E-state index in [1.807, 2.05) is 13.8 Å². The van der Waals surface area contributed by atoms with Gasteiger partial charge in [-0.1, -0.05) is 31.5 Å². The third-order valence-electron chi connectivity index (χ3n) is 8.73. The molecule has 6 nitrogen and oxygen atoms in total. The number of halogens is 2. The lowest BCUT2D eigenvalue weighted by Gasteiger charge is -2.35. The molecular formula is C27H32ClFN4O2. The monoisotopic (exact) mass is 498 g/mol. The van der Waals surface area contributed by atoms with Crippen LogP contribution >= 0.6 is 11.6 Å². The Morgan fingerprint density at radius 3 is 2.69 bits per heavy atom. The molecule has 0 spiro atoms. The molecule has 6 atom stereocenters. The van der Waals surface area contributed by atoms with Crippen LogP contribution in [0.5, 0.6) is 0 Å². The van der Waals surface area contributed by atoms with Crippen molar-refractivity contribution in [2.24, 2.45) is 34.8 Å². The summed E-state index contributed by atoms with van der Waals surface area (Å²) in [6, 6.07) is 7.54. The Bertz CT molecular complexity index is 1140. The van der Waals surface area contributed by atoms with Gasteiger partial charge in [0.25, 0.3) is 0 Å². The summed E-state index contributed by atoms with van der Waals surface area (Å²) in [6.45, 7) is 4.29. The number of nitrogens with zero attached hydrogens (tertiary/aromatic N) is 1. The van der Waals surface area contributed by atoms with Gasteiger partial charge in [-0.05, 0) is 79.2 Å². The molecule has 35 heavy (non-hydrogen) atoms. The van der Waals surface area contributed by atoms with Crippen LogP contribution in [0.1, 0.15) is 45.1 Å². The van der Waals surface area contributed by atoms with Crippen molar-refractivity contribution in [2.75, 3.05) is 11.9 Å². The number of nitrogens with two attached hydrogens (primary N) is 1. The van der Waals surface area contributed by atoms with Gasteiger partial charge in [0, 0.05) is 30.0 Å². The van der Waals surface area contributed by atoms with E-state index in [9.17, 15) is 14.0 Å². The molecule has 4 aliphatic rings. The summed E-state index contributed by atoms with van der Waals surface area (Å²) < 4.78 is 13.6. The summed E-state index contributed by atoms with van der Waals surface area (Å²) in [4.78, 5) is 30.7. The summed E-state index contributed by atoms with van der Waals surface area (Å²) in [6.07, 6.45) is 6.97. The molecule has 1 aromatic carbocycles. The predicted molar refractivity (Wildman–Crippen MR) is 133 cm³/mol. The van der Waals surface area contributed by atoms with E-state index in [4.69, 9.17) is 17.3 Å².